The Kier molecular flexibility index (Phi) is 4.48. The second-order valence-electron chi connectivity index (χ2n) is 7.94. The molecule has 4 aromatic rings. The lowest BCUT2D eigenvalue weighted by Gasteiger charge is -2.13. The van der Waals surface area contributed by atoms with E-state index in [1.54, 1.807) is 7.05 Å². The fourth-order valence-electron chi connectivity index (χ4n) is 4.12. The van der Waals surface area contributed by atoms with Crippen molar-refractivity contribution in [3.63, 3.8) is 0 Å². The monoisotopic (exact) mass is 393 g/mol. The van der Waals surface area contributed by atoms with Crippen molar-refractivity contribution < 1.29 is 0 Å². The molecule has 0 aliphatic rings. The van der Waals surface area contributed by atoms with Gasteiger partial charge in [-0.2, -0.15) is 4.98 Å². The molecule has 1 atom stereocenters. The molecule has 29 heavy (non-hydrogen) atoms. The molecule has 1 unspecified atom stereocenters. The van der Waals surface area contributed by atoms with Crippen LogP contribution in [0.15, 0.2) is 33.9 Å². The zero-order valence-electron chi connectivity index (χ0n) is 17.9. The minimum atomic E-state index is -0.353. The van der Waals surface area contributed by atoms with Gasteiger partial charge in [0.1, 0.15) is 0 Å². The standard InChI is InChI=1S/C22H27N5O2/c1-7-14(3)26-15(4)16(5)27-18-19(23-21(26)27)24(6)22(29)25(20(18)28)12-17-10-8-9-13(2)11-17/h8-11,14H,7,12H2,1-6H3. The van der Waals surface area contributed by atoms with Crippen LogP contribution in [0, 0.1) is 20.8 Å². The predicted molar refractivity (Wildman–Crippen MR) is 115 cm³/mol. The lowest BCUT2D eigenvalue weighted by Crippen LogP contribution is -2.39. The number of aromatic nitrogens is 5. The van der Waals surface area contributed by atoms with E-state index in [2.05, 4.69) is 25.3 Å². The molecular weight excluding hydrogens is 366 g/mol. The Morgan fingerprint density at radius 3 is 2.48 bits per heavy atom. The third-order valence-corrected chi connectivity index (χ3v) is 6.02. The van der Waals surface area contributed by atoms with E-state index in [-0.39, 0.29) is 23.8 Å². The van der Waals surface area contributed by atoms with Crippen molar-refractivity contribution in [1.82, 2.24) is 23.1 Å². The molecular formula is C22H27N5O2. The van der Waals surface area contributed by atoms with Crippen molar-refractivity contribution in [3.8, 4) is 0 Å². The molecule has 0 aliphatic heterocycles. The molecule has 1 aromatic carbocycles. The van der Waals surface area contributed by atoms with Crippen LogP contribution in [-0.4, -0.2) is 23.1 Å². The Balaban J connectivity index is 2.07. The minimum Gasteiger partial charge on any atom is -0.311 e. The van der Waals surface area contributed by atoms with E-state index in [0.29, 0.717) is 16.9 Å². The summed E-state index contributed by atoms with van der Waals surface area (Å²) in [6.45, 7) is 10.6. The molecule has 0 amide bonds. The zero-order valence-corrected chi connectivity index (χ0v) is 17.9. The smallest absolute Gasteiger partial charge is 0.311 e. The van der Waals surface area contributed by atoms with Gasteiger partial charge in [-0.3, -0.25) is 18.3 Å². The lowest BCUT2D eigenvalue weighted by molar-refractivity contribution is 0.532. The first kappa shape index (κ1) is 19.2. The fraction of sp³-hybridized carbons (Fsp3) is 0.409. The maximum atomic E-state index is 13.5. The molecule has 0 saturated heterocycles. The number of aryl methyl sites for hydroxylation is 3. The van der Waals surface area contributed by atoms with Crippen LogP contribution in [0.1, 0.15) is 48.8 Å². The number of nitrogens with zero attached hydrogens (tertiary/aromatic N) is 5. The minimum absolute atomic E-state index is 0.237. The highest BCUT2D eigenvalue weighted by Crippen LogP contribution is 2.25. The quantitative estimate of drug-likeness (QED) is 0.535. The normalized spacial score (nSPS) is 12.9. The Hall–Kier alpha value is -3.09. The molecule has 0 aliphatic carbocycles. The molecule has 0 N–H and O–H groups in total. The third-order valence-electron chi connectivity index (χ3n) is 6.02. The van der Waals surface area contributed by atoms with Crippen molar-refractivity contribution in [2.75, 3.05) is 0 Å². The van der Waals surface area contributed by atoms with Gasteiger partial charge in [-0.1, -0.05) is 36.8 Å². The molecule has 0 bridgehead atoms. The van der Waals surface area contributed by atoms with Crippen molar-refractivity contribution in [3.05, 3.63) is 67.6 Å². The first-order chi connectivity index (χ1) is 13.8. The van der Waals surface area contributed by atoms with E-state index in [9.17, 15) is 9.59 Å². The molecule has 0 spiro atoms. The van der Waals surface area contributed by atoms with E-state index in [4.69, 9.17) is 4.98 Å². The summed E-state index contributed by atoms with van der Waals surface area (Å²) in [5.74, 6) is 0.713. The average molecular weight is 393 g/mol. The van der Waals surface area contributed by atoms with Crippen LogP contribution in [0.5, 0.6) is 0 Å². The van der Waals surface area contributed by atoms with Gasteiger partial charge in [0.2, 0.25) is 5.78 Å². The Morgan fingerprint density at radius 2 is 1.83 bits per heavy atom. The van der Waals surface area contributed by atoms with Crippen LogP contribution >= 0.6 is 0 Å². The number of benzene rings is 1. The lowest BCUT2D eigenvalue weighted by atomic mass is 10.1. The molecule has 0 radical (unpaired) electrons. The zero-order chi connectivity index (χ0) is 21.0. The number of hydrogen-bond donors (Lipinski definition) is 0. The molecule has 7 nitrogen and oxygen atoms in total. The van der Waals surface area contributed by atoms with Gasteiger partial charge in [0.05, 0.1) is 6.54 Å². The summed E-state index contributed by atoms with van der Waals surface area (Å²) in [4.78, 5) is 31.2. The average Bonchev–Trinajstić information content (AvgIpc) is 3.19. The summed E-state index contributed by atoms with van der Waals surface area (Å²) in [7, 11) is 1.68. The topological polar surface area (TPSA) is 66.2 Å². The van der Waals surface area contributed by atoms with Gasteiger partial charge in [0, 0.05) is 24.5 Å². The molecule has 0 fully saturated rings. The van der Waals surface area contributed by atoms with Crippen molar-refractivity contribution in [2.45, 2.75) is 53.6 Å². The fourth-order valence-corrected chi connectivity index (χ4v) is 4.12. The molecule has 7 heteroatoms. The second kappa shape index (κ2) is 6.76. The van der Waals surface area contributed by atoms with Crippen molar-refractivity contribution >= 4 is 16.9 Å². The van der Waals surface area contributed by atoms with Crippen LogP contribution in [0.2, 0.25) is 0 Å². The summed E-state index contributed by atoms with van der Waals surface area (Å²) < 4.78 is 6.85. The SMILES string of the molecule is CCC(C)n1c(C)c(C)n2c3c(=O)n(Cc4cccc(C)c4)c(=O)n(C)c3nc12. The third kappa shape index (κ3) is 2.75. The molecule has 0 saturated carbocycles. The van der Waals surface area contributed by atoms with Gasteiger partial charge in [-0.25, -0.2) is 4.79 Å². The number of rotatable bonds is 4. The number of hydrogen-bond acceptors (Lipinski definition) is 3. The van der Waals surface area contributed by atoms with Gasteiger partial charge in [0.15, 0.2) is 11.2 Å². The van der Waals surface area contributed by atoms with E-state index in [1.807, 2.05) is 42.5 Å². The summed E-state index contributed by atoms with van der Waals surface area (Å²) in [6.07, 6.45) is 0.949. The first-order valence-electron chi connectivity index (χ1n) is 10.0. The number of fused-ring (bicyclic) bond motifs is 3. The predicted octanol–water partition coefficient (Wildman–Crippen LogP) is 3.09. The largest absolute Gasteiger partial charge is 0.332 e. The van der Waals surface area contributed by atoms with E-state index >= 15 is 0 Å². The number of imidazole rings is 2. The van der Waals surface area contributed by atoms with Crippen LogP contribution in [0.25, 0.3) is 16.9 Å². The van der Waals surface area contributed by atoms with Gasteiger partial charge in [0.25, 0.3) is 5.56 Å². The first-order valence-corrected chi connectivity index (χ1v) is 10.0. The summed E-state index contributed by atoms with van der Waals surface area (Å²) >= 11 is 0. The van der Waals surface area contributed by atoms with E-state index in [0.717, 1.165) is 28.9 Å². The molecule has 3 heterocycles. The molecule has 152 valence electrons. The van der Waals surface area contributed by atoms with Crippen LogP contribution in [-0.2, 0) is 13.6 Å². The van der Waals surface area contributed by atoms with Gasteiger partial charge >= 0.3 is 5.69 Å². The van der Waals surface area contributed by atoms with Gasteiger partial charge in [-0.15, -0.1) is 0 Å². The second-order valence-corrected chi connectivity index (χ2v) is 7.94. The summed E-state index contributed by atoms with van der Waals surface area (Å²) in [5, 5.41) is 0. The maximum absolute atomic E-state index is 13.5. The molecule has 3 aromatic heterocycles. The van der Waals surface area contributed by atoms with Crippen LogP contribution in [0.4, 0.5) is 0 Å². The van der Waals surface area contributed by atoms with Crippen LogP contribution in [0.3, 0.4) is 0 Å². The highest BCUT2D eigenvalue weighted by Gasteiger charge is 2.24. The Labute approximate surface area is 168 Å². The maximum Gasteiger partial charge on any atom is 0.332 e. The van der Waals surface area contributed by atoms with Crippen LogP contribution < -0.4 is 11.2 Å². The van der Waals surface area contributed by atoms with Crippen molar-refractivity contribution in [2.24, 2.45) is 7.05 Å². The Morgan fingerprint density at radius 1 is 1.10 bits per heavy atom. The Bertz CT molecular complexity index is 1370. The van der Waals surface area contributed by atoms with E-state index in [1.165, 1.54) is 9.13 Å². The van der Waals surface area contributed by atoms with Gasteiger partial charge < -0.3 is 4.57 Å². The molecule has 4 rings (SSSR count). The summed E-state index contributed by atoms with van der Waals surface area (Å²) in [6, 6.07) is 8.11. The van der Waals surface area contributed by atoms with E-state index < -0.39 is 0 Å². The highest BCUT2D eigenvalue weighted by atomic mass is 16.2. The van der Waals surface area contributed by atoms with Gasteiger partial charge in [-0.05, 0) is 39.7 Å². The highest BCUT2D eigenvalue weighted by molar-refractivity contribution is 5.76. The summed E-state index contributed by atoms with van der Waals surface area (Å²) in [5.41, 5.74) is 4.30. The van der Waals surface area contributed by atoms with Crippen molar-refractivity contribution in [1.29, 1.82) is 0 Å².